The molecule has 3 heteroatoms. The average Bonchev–Trinajstić information content (AvgIpc) is 3.09. The van der Waals surface area contributed by atoms with Gasteiger partial charge in [0, 0.05) is 17.5 Å². The molecule has 0 fully saturated rings. The highest BCUT2D eigenvalue weighted by atomic mass is 35.5. The number of rotatable bonds is 2. The van der Waals surface area contributed by atoms with Gasteiger partial charge in [-0.15, -0.1) is 0 Å². The third-order valence-corrected chi connectivity index (χ3v) is 5.00. The van der Waals surface area contributed by atoms with Gasteiger partial charge in [-0.05, 0) is 41.6 Å². The summed E-state index contributed by atoms with van der Waals surface area (Å²) in [5.41, 5.74) is 11.1. The fourth-order valence-corrected chi connectivity index (χ4v) is 3.91. The number of benzene rings is 2. The molecule has 4 rings (SSSR count). The standard InChI is InChI=1S/C18H17ClN2/c19-17-7-3-6-14-16(10-21-18(14)17)15-8-11(9-20)12-4-1-2-5-13(12)15/h1-7,10-11,15,21H,8-9,20H2. The van der Waals surface area contributed by atoms with Crippen LogP contribution >= 0.6 is 11.6 Å². The van der Waals surface area contributed by atoms with Gasteiger partial charge in [-0.2, -0.15) is 0 Å². The molecule has 2 aromatic carbocycles. The maximum absolute atomic E-state index is 6.28. The van der Waals surface area contributed by atoms with Crippen LogP contribution < -0.4 is 5.73 Å². The van der Waals surface area contributed by atoms with Crippen molar-refractivity contribution in [1.82, 2.24) is 4.98 Å². The van der Waals surface area contributed by atoms with Crippen molar-refractivity contribution in [2.24, 2.45) is 5.73 Å². The smallest absolute Gasteiger partial charge is 0.0647 e. The van der Waals surface area contributed by atoms with E-state index in [4.69, 9.17) is 17.3 Å². The van der Waals surface area contributed by atoms with Gasteiger partial charge in [-0.25, -0.2) is 0 Å². The lowest BCUT2D eigenvalue weighted by molar-refractivity contribution is 0.647. The molecular weight excluding hydrogens is 280 g/mol. The molecule has 1 heterocycles. The monoisotopic (exact) mass is 296 g/mol. The summed E-state index contributed by atoms with van der Waals surface area (Å²) in [5.74, 6) is 0.859. The molecule has 21 heavy (non-hydrogen) atoms. The molecule has 0 amide bonds. The number of hydrogen-bond donors (Lipinski definition) is 2. The van der Waals surface area contributed by atoms with Crippen LogP contribution in [0.4, 0.5) is 0 Å². The van der Waals surface area contributed by atoms with Crippen molar-refractivity contribution >= 4 is 22.5 Å². The van der Waals surface area contributed by atoms with Crippen molar-refractivity contribution in [3.8, 4) is 0 Å². The molecule has 2 atom stereocenters. The largest absolute Gasteiger partial charge is 0.360 e. The van der Waals surface area contributed by atoms with Crippen LogP contribution in [0.2, 0.25) is 5.02 Å². The summed E-state index contributed by atoms with van der Waals surface area (Å²) >= 11 is 6.28. The van der Waals surface area contributed by atoms with Crippen molar-refractivity contribution in [3.05, 3.63) is 70.4 Å². The Kier molecular flexibility index (Phi) is 3.02. The Balaban J connectivity index is 1.89. The van der Waals surface area contributed by atoms with E-state index in [2.05, 4.69) is 41.5 Å². The van der Waals surface area contributed by atoms with Gasteiger partial charge in [-0.3, -0.25) is 0 Å². The Bertz CT molecular complexity index is 806. The topological polar surface area (TPSA) is 41.8 Å². The molecule has 3 aromatic rings. The number of para-hydroxylation sites is 1. The summed E-state index contributed by atoms with van der Waals surface area (Å²) in [5, 5.41) is 2.00. The van der Waals surface area contributed by atoms with E-state index in [0.717, 1.165) is 17.0 Å². The number of nitrogens with two attached hydrogens (primary N) is 1. The molecule has 0 spiro atoms. The number of aromatic nitrogens is 1. The number of H-pyrrole nitrogens is 1. The van der Waals surface area contributed by atoms with Crippen LogP contribution in [0.1, 0.15) is 34.9 Å². The molecule has 0 saturated carbocycles. The number of aromatic amines is 1. The third kappa shape index (κ3) is 1.90. The van der Waals surface area contributed by atoms with E-state index in [1.807, 2.05) is 12.1 Å². The summed E-state index contributed by atoms with van der Waals surface area (Å²) < 4.78 is 0. The van der Waals surface area contributed by atoms with Crippen LogP contribution in [0.25, 0.3) is 10.9 Å². The van der Waals surface area contributed by atoms with Crippen LogP contribution in [0.3, 0.4) is 0 Å². The van der Waals surface area contributed by atoms with Gasteiger partial charge in [0.25, 0.3) is 0 Å². The zero-order chi connectivity index (χ0) is 14.4. The van der Waals surface area contributed by atoms with Crippen LogP contribution in [-0.2, 0) is 0 Å². The minimum Gasteiger partial charge on any atom is -0.360 e. The second kappa shape index (κ2) is 4.90. The highest BCUT2D eigenvalue weighted by molar-refractivity contribution is 6.35. The van der Waals surface area contributed by atoms with Gasteiger partial charge in [-0.1, -0.05) is 48.0 Å². The Morgan fingerprint density at radius 3 is 2.67 bits per heavy atom. The Labute approximate surface area is 128 Å². The number of fused-ring (bicyclic) bond motifs is 2. The van der Waals surface area contributed by atoms with Crippen LogP contribution in [-0.4, -0.2) is 11.5 Å². The molecule has 0 bridgehead atoms. The van der Waals surface area contributed by atoms with Gasteiger partial charge in [0.2, 0.25) is 0 Å². The Morgan fingerprint density at radius 1 is 1.05 bits per heavy atom. The third-order valence-electron chi connectivity index (χ3n) is 4.69. The van der Waals surface area contributed by atoms with Crippen molar-refractivity contribution in [3.63, 3.8) is 0 Å². The van der Waals surface area contributed by atoms with Crippen LogP contribution in [0.5, 0.6) is 0 Å². The first kappa shape index (κ1) is 12.9. The predicted molar refractivity (Wildman–Crippen MR) is 88.0 cm³/mol. The molecule has 2 nitrogen and oxygen atoms in total. The van der Waals surface area contributed by atoms with E-state index in [0.29, 0.717) is 18.4 Å². The molecule has 0 radical (unpaired) electrons. The fraction of sp³-hybridized carbons (Fsp3) is 0.222. The first-order valence-corrected chi connectivity index (χ1v) is 7.71. The molecule has 0 aliphatic heterocycles. The summed E-state index contributed by atoms with van der Waals surface area (Å²) in [6.07, 6.45) is 3.19. The molecule has 1 aliphatic rings. The quantitative estimate of drug-likeness (QED) is 0.723. The van der Waals surface area contributed by atoms with E-state index in [1.165, 1.54) is 22.1 Å². The maximum atomic E-state index is 6.28. The highest BCUT2D eigenvalue weighted by Crippen LogP contribution is 2.46. The normalized spacial score (nSPS) is 20.9. The van der Waals surface area contributed by atoms with Gasteiger partial charge in [0.15, 0.2) is 0 Å². The van der Waals surface area contributed by atoms with Crippen molar-refractivity contribution in [2.45, 2.75) is 18.3 Å². The second-order valence-corrected chi connectivity index (χ2v) is 6.16. The summed E-state index contributed by atoms with van der Waals surface area (Å²) in [7, 11) is 0. The lowest BCUT2D eigenvalue weighted by Crippen LogP contribution is -2.09. The lowest BCUT2D eigenvalue weighted by atomic mass is 9.92. The molecule has 2 unspecified atom stereocenters. The first-order chi connectivity index (χ1) is 10.3. The number of hydrogen-bond acceptors (Lipinski definition) is 1. The molecule has 106 valence electrons. The summed E-state index contributed by atoms with van der Waals surface area (Å²) in [6, 6.07) is 14.8. The zero-order valence-corrected chi connectivity index (χ0v) is 12.4. The predicted octanol–water partition coefficient (Wildman–Crippen LogP) is 4.40. The van der Waals surface area contributed by atoms with E-state index >= 15 is 0 Å². The fourth-order valence-electron chi connectivity index (χ4n) is 3.68. The van der Waals surface area contributed by atoms with E-state index in [-0.39, 0.29) is 0 Å². The van der Waals surface area contributed by atoms with Crippen molar-refractivity contribution in [1.29, 1.82) is 0 Å². The van der Waals surface area contributed by atoms with E-state index < -0.39 is 0 Å². The lowest BCUT2D eigenvalue weighted by Gasteiger charge is -2.11. The van der Waals surface area contributed by atoms with Gasteiger partial charge >= 0.3 is 0 Å². The minimum absolute atomic E-state index is 0.405. The first-order valence-electron chi connectivity index (χ1n) is 7.34. The molecule has 1 aliphatic carbocycles. The van der Waals surface area contributed by atoms with Crippen molar-refractivity contribution < 1.29 is 0 Å². The van der Waals surface area contributed by atoms with Gasteiger partial charge in [0.05, 0.1) is 10.5 Å². The number of nitrogens with one attached hydrogen (secondary N) is 1. The molecule has 3 N–H and O–H groups in total. The Hall–Kier alpha value is -1.77. The SMILES string of the molecule is NCC1CC(c2c[nH]c3c(Cl)cccc23)c2ccccc21. The molecular formula is C18H17ClN2. The summed E-state index contributed by atoms with van der Waals surface area (Å²) in [4.78, 5) is 3.33. The minimum atomic E-state index is 0.405. The van der Waals surface area contributed by atoms with E-state index in [9.17, 15) is 0 Å². The Morgan fingerprint density at radius 2 is 1.86 bits per heavy atom. The second-order valence-electron chi connectivity index (χ2n) is 5.76. The van der Waals surface area contributed by atoms with Crippen LogP contribution in [0.15, 0.2) is 48.7 Å². The summed E-state index contributed by atoms with van der Waals surface area (Å²) in [6.45, 7) is 0.705. The van der Waals surface area contributed by atoms with Gasteiger partial charge < -0.3 is 10.7 Å². The van der Waals surface area contributed by atoms with Crippen molar-refractivity contribution in [2.75, 3.05) is 6.54 Å². The zero-order valence-electron chi connectivity index (χ0n) is 11.6. The number of halogens is 1. The van der Waals surface area contributed by atoms with Crippen LogP contribution in [0, 0.1) is 0 Å². The van der Waals surface area contributed by atoms with E-state index in [1.54, 1.807) is 0 Å². The van der Waals surface area contributed by atoms with Gasteiger partial charge in [0.1, 0.15) is 0 Å². The molecule has 0 saturated heterocycles. The average molecular weight is 297 g/mol. The highest BCUT2D eigenvalue weighted by Gasteiger charge is 2.32. The maximum Gasteiger partial charge on any atom is 0.0647 e. The molecule has 1 aromatic heterocycles.